The van der Waals surface area contributed by atoms with Gasteiger partial charge in [0.05, 0.1) is 24.8 Å². The molecule has 11 atom stereocenters. The van der Waals surface area contributed by atoms with Crippen molar-refractivity contribution in [1.82, 2.24) is 15.5 Å². The molecule has 0 aromatic heterocycles. The van der Waals surface area contributed by atoms with Gasteiger partial charge in [-0.05, 0) is 117 Å². The van der Waals surface area contributed by atoms with Gasteiger partial charge in [0.1, 0.15) is 12.2 Å². The number of alkyl carbamates (subject to hydrolysis) is 2. The number of alkyl halides is 3. The molecule has 2 N–H and O–H groups in total. The van der Waals surface area contributed by atoms with Gasteiger partial charge in [0.2, 0.25) is 0 Å². The van der Waals surface area contributed by atoms with Gasteiger partial charge in [-0.3, -0.25) is 4.90 Å². The molecule has 2 aliphatic heterocycles. The summed E-state index contributed by atoms with van der Waals surface area (Å²) in [6.07, 6.45) is 5.91. The largest absolute Gasteiger partial charge is 0.446 e. The first-order chi connectivity index (χ1) is 22.5. The average Bonchev–Trinajstić information content (AvgIpc) is 3.55. The molecule has 0 aromatic rings. The summed E-state index contributed by atoms with van der Waals surface area (Å²) >= 11 is 0. The fraction of sp³-hybridized carbons (Fsp3) is 0.946. The van der Waals surface area contributed by atoms with E-state index in [1.807, 2.05) is 6.92 Å². The van der Waals surface area contributed by atoms with E-state index in [4.69, 9.17) is 14.2 Å². The van der Waals surface area contributed by atoms with Crippen LogP contribution >= 0.6 is 0 Å². The molecule has 272 valence electrons. The highest BCUT2D eigenvalue weighted by Crippen LogP contribution is 2.87. The van der Waals surface area contributed by atoms with Gasteiger partial charge in [0.15, 0.2) is 0 Å². The first kappa shape index (κ1) is 34.7. The minimum atomic E-state index is -4.22. The normalized spacial score (nSPS) is 43.8. The molecule has 8 nitrogen and oxygen atoms in total. The second kappa shape index (κ2) is 11.9. The molecule has 5 saturated carbocycles. The monoisotopic (exact) mass is 681 g/mol. The van der Waals surface area contributed by atoms with Gasteiger partial charge in [-0.2, -0.15) is 13.2 Å². The highest BCUT2D eigenvalue weighted by molar-refractivity contribution is 5.68. The van der Waals surface area contributed by atoms with Crippen LogP contribution in [0, 0.1) is 51.2 Å². The van der Waals surface area contributed by atoms with Crippen LogP contribution in [0.3, 0.4) is 0 Å². The number of halogens is 3. The molecule has 2 saturated heterocycles. The van der Waals surface area contributed by atoms with Crippen molar-refractivity contribution in [2.45, 2.75) is 142 Å². The van der Waals surface area contributed by atoms with Crippen LogP contribution in [-0.2, 0) is 14.2 Å². The maximum atomic E-state index is 12.9. The van der Waals surface area contributed by atoms with E-state index in [9.17, 15) is 22.8 Å². The first-order valence-electron chi connectivity index (χ1n) is 18.9. The lowest BCUT2D eigenvalue weighted by atomic mass is 9.46. The summed E-state index contributed by atoms with van der Waals surface area (Å²) in [7, 11) is 0. The lowest BCUT2D eigenvalue weighted by Crippen LogP contribution is -2.61. The van der Waals surface area contributed by atoms with Crippen molar-refractivity contribution in [2.75, 3.05) is 26.2 Å². The zero-order valence-corrected chi connectivity index (χ0v) is 29.8. The van der Waals surface area contributed by atoms with Gasteiger partial charge in [-0.15, -0.1) is 0 Å². The van der Waals surface area contributed by atoms with Gasteiger partial charge < -0.3 is 24.8 Å². The Kier molecular flexibility index (Phi) is 8.61. The molecule has 7 fully saturated rings. The van der Waals surface area contributed by atoms with Crippen molar-refractivity contribution in [2.24, 2.45) is 51.2 Å². The van der Waals surface area contributed by atoms with Crippen LogP contribution in [0.25, 0.3) is 0 Å². The molecule has 11 unspecified atom stereocenters. The van der Waals surface area contributed by atoms with Crippen LogP contribution in [0.1, 0.15) is 106 Å². The van der Waals surface area contributed by atoms with Crippen LogP contribution in [0.5, 0.6) is 0 Å². The lowest BCUT2D eigenvalue weighted by molar-refractivity contribution is -0.156. The topological polar surface area (TPSA) is 89.1 Å². The minimum Gasteiger partial charge on any atom is -0.446 e. The Morgan fingerprint density at radius 1 is 0.938 bits per heavy atom. The highest BCUT2D eigenvalue weighted by Gasteiger charge is 2.81. The van der Waals surface area contributed by atoms with Crippen molar-refractivity contribution < 1.29 is 37.0 Å². The van der Waals surface area contributed by atoms with Crippen molar-refractivity contribution in [3.63, 3.8) is 0 Å². The number of carbonyl (C=O) groups excluding carboxylic acids is 2. The standard InChI is InChI=1S/C37H58F3N3O5/c1-7-41-31(44)48-30(21(2)3)26-10-8-24-27(46-26)16-25-23-9-11-28-33(4,5)29(12-13-36(28)19-35(23,36)15-14-34(24,25)6)47-32(45)42-22-17-43(18-22)20-37(38,39)40/h21-30H,7-20H2,1-6H3,(H,41,44)(H,42,45). The Balaban J connectivity index is 0.990. The fourth-order valence-electron chi connectivity index (χ4n) is 13.0. The maximum absolute atomic E-state index is 12.9. The predicted octanol–water partition coefficient (Wildman–Crippen LogP) is 7.30. The molecule has 0 aromatic carbocycles. The van der Waals surface area contributed by atoms with Crippen LogP contribution in [0.2, 0.25) is 0 Å². The number of hydrogen-bond acceptors (Lipinski definition) is 6. The van der Waals surface area contributed by atoms with E-state index in [0.717, 1.165) is 38.5 Å². The Bertz CT molecular complexity index is 1260. The maximum Gasteiger partial charge on any atom is 0.407 e. The number of hydrogen-bond donors (Lipinski definition) is 2. The van der Waals surface area contributed by atoms with Crippen molar-refractivity contribution in [3.8, 4) is 0 Å². The molecule has 7 aliphatic rings. The second-order valence-electron chi connectivity index (χ2n) is 18.0. The fourth-order valence-corrected chi connectivity index (χ4v) is 13.0. The minimum absolute atomic E-state index is 0.0639. The molecule has 0 radical (unpaired) electrons. The first-order valence-corrected chi connectivity index (χ1v) is 18.9. The summed E-state index contributed by atoms with van der Waals surface area (Å²) < 4.78 is 57.0. The Labute approximate surface area is 284 Å². The number of fused-ring (bicyclic) bond motifs is 4. The van der Waals surface area contributed by atoms with E-state index >= 15 is 0 Å². The number of amides is 2. The molecule has 2 spiro atoms. The molecule has 11 heteroatoms. The van der Waals surface area contributed by atoms with Crippen LogP contribution < -0.4 is 10.6 Å². The van der Waals surface area contributed by atoms with E-state index in [1.54, 1.807) is 0 Å². The zero-order chi connectivity index (χ0) is 34.4. The van der Waals surface area contributed by atoms with Gasteiger partial charge in [0, 0.05) is 25.0 Å². The van der Waals surface area contributed by atoms with Crippen LogP contribution in [-0.4, -0.2) is 79.9 Å². The summed E-state index contributed by atoms with van der Waals surface area (Å²) in [5.41, 5.74) is 0.792. The van der Waals surface area contributed by atoms with E-state index < -0.39 is 18.8 Å². The number of nitrogens with zero attached hydrogens (tertiary/aromatic N) is 1. The molecular formula is C37H58F3N3O5. The second-order valence-corrected chi connectivity index (χ2v) is 18.0. The van der Waals surface area contributed by atoms with E-state index in [0.29, 0.717) is 41.0 Å². The SMILES string of the molecule is CCNC(=O)OC(C(C)C)C1CCC2C(CC3C4CCC5C(C)(C)C(OC(=O)NC6CN(CC(F)(F)F)C6)CCC56CC46CCC23C)O1. The lowest BCUT2D eigenvalue weighted by Gasteiger charge is -2.59. The number of carbonyl (C=O) groups is 2. The van der Waals surface area contributed by atoms with Gasteiger partial charge in [0.25, 0.3) is 0 Å². The quantitative estimate of drug-likeness (QED) is 0.293. The zero-order valence-electron chi connectivity index (χ0n) is 29.8. The number of rotatable bonds is 7. The summed E-state index contributed by atoms with van der Waals surface area (Å²) in [6, 6.07) is -0.296. The Morgan fingerprint density at radius 2 is 1.67 bits per heavy atom. The van der Waals surface area contributed by atoms with E-state index in [1.165, 1.54) is 30.6 Å². The molecule has 7 rings (SSSR count). The third kappa shape index (κ3) is 5.54. The van der Waals surface area contributed by atoms with Gasteiger partial charge >= 0.3 is 18.4 Å². The molecule has 0 bridgehead atoms. The van der Waals surface area contributed by atoms with Gasteiger partial charge in [-0.25, -0.2) is 9.59 Å². The molecule has 48 heavy (non-hydrogen) atoms. The van der Waals surface area contributed by atoms with Gasteiger partial charge in [-0.1, -0.05) is 34.6 Å². The summed E-state index contributed by atoms with van der Waals surface area (Å²) in [6.45, 7) is 13.3. The molecular weight excluding hydrogens is 623 g/mol. The summed E-state index contributed by atoms with van der Waals surface area (Å²) in [5, 5.41) is 5.61. The van der Waals surface area contributed by atoms with Crippen molar-refractivity contribution in [3.05, 3.63) is 0 Å². The van der Waals surface area contributed by atoms with E-state index in [2.05, 4.69) is 45.3 Å². The van der Waals surface area contributed by atoms with Crippen LogP contribution in [0.15, 0.2) is 0 Å². The average molecular weight is 682 g/mol. The molecule has 2 amide bonds. The molecule has 5 aliphatic carbocycles. The van der Waals surface area contributed by atoms with Crippen molar-refractivity contribution in [1.29, 1.82) is 0 Å². The van der Waals surface area contributed by atoms with Crippen LogP contribution in [0.4, 0.5) is 22.8 Å². The number of likely N-dealkylation sites (tertiary alicyclic amines) is 1. The molecule has 2 heterocycles. The predicted molar refractivity (Wildman–Crippen MR) is 174 cm³/mol. The summed E-state index contributed by atoms with van der Waals surface area (Å²) in [4.78, 5) is 26.6. The van der Waals surface area contributed by atoms with Crippen molar-refractivity contribution >= 4 is 12.2 Å². The smallest absolute Gasteiger partial charge is 0.407 e. The summed E-state index contributed by atoms with van der Waals surface area (Å²) in [5.74, 6) is 2.56. The Hall–Kier alpha value is -1.75. The third-order valence-electron chi connectivity index (χ3n) is 15.1. The highest BCUT2D eigenvalue weighted by atomic mass is 19.4. The number of ether oxygens (including phenoxy) is 3. The Morgan fingerprint density at radius 3 is 2.35 bits per heavy atom. The number of nitrogens with one attached hydrogen (secondary N) is 2. The van der Waals surface area contributed by atoms with E-state index in [-0.39, 0.29) is 66.4 Å². The third-order valence-corrected chi connectivity index (χ3v) is 15.1.